The van der Waals surface area contributed by atoms with Crippen LogP contribution in [0, 0.1) is 0 Å². The van der Waals surface area contributed by atoms with Crippen molar-refractivity contribution in [2.24, 2.45) is 0 Å². The molecule has 5 heteroatoms. The van der Waals surface area contributed by atoms with Crippen molar-refractivity contribution in [2.75, 3.05) is 11.6 Å². The van der Waals surface area contributed by atoms with E-state index in [4.69, 9.17) is 34.8 Å². The summed E-state index contributed by atoms with van der Waals surface area (Å²) in [5.74, 6) is 5.64. The fourth-order valence-corrected chi connectivity index (χ4v) is 1.04. The van der Waals surface area contributed by atoms with Crippen LogP contribution >= 0.6 is 23.2 Å². The van der Waals surface area contributed by atoms with Crippen molar-refractivity contribution >= 4 is 29.0 Å². The summed E-state index contributed by atoms with van der Waals surface area (Å²) in [6, 6.07) is 1.53. The lowest BCUT2D eigenvalue weighted by atomic mass is 10.4. The molecule has 1 rings (SSSR count). The molecule has 0 bridgehead atoms. The molecule has 0 atom stereocenters. The molecule has 3 nitrogen and oxygen atoms in total. The van der Waals surface area contributed by atoms with Gasteiger partial charge in [-0.05, 0) is 6.07 Å². The van der Waals surface area contributed by atoms with Gasteiger partial charge in [-0.25, -0.2) is 0 Å². The second-order valence-corrected chi connectivity index (χ2v) is 2.64. The lowest BCUT2D eigenvalue weighted by molar-refractivity contribution is -0.623. The van der Waals surface area contributed by atoms with Crippen molar-refractivity contribution in [1.29, 1.82) is 0 Å². The Morgan fingerprint density at radius 3 is 2.50 bits per heavy atom. The zero-order valence-corrected chi connectivity index (χ0v) is 6.52. The van der Waals surface area contributed by atoms with Crippen molar-refractivity contribution < 1.29 is 4.68 Å². The van der Waals surface area contributed by atoms with Crippen LogP contribution < -0.4 is 16.3 Å². The summed E-state index contributed by atoms with van der Waals surface area (Å²) < 4.78 is 1.17. The minimum atomic E-state index is 0.297. The molecule has 0 saturated carbocycles. The average Bonchev–Trinajstić information content (AvgIpc) is 1.82. The molecule has 54 valence electrons. The van der Waals surface area contributed by atoms with E-state index in [0.717, 1.165) is 0 Å². The van der Waals surface area contributed by atoms with Crippen LogP contribution in [0.3, 0.4) is 0 Å². The summed E-state index contributed by atoms with van der Waals surface area (Å²) in [5, 5.41) is 0.816. The molecule has 0 aromatic carbocycles. The normalized spacial score (nSPS) is 9.80. The molecule has 0 aliphatic carbocycles. The van der Waals surface area contributed by atoms with Gasteiger partial charge in [-0.3, -0.25) is 11.6 Å². The van der Waals surface area contributed by atoms with Crippen molar-refractivity contribution in [2.45, 2.75) is 0 Å². The summed E-state index contributed by atoms with van der Waals surface area (Å²) in [6.45, 7) is 0. The molecule has 1 aromatic rings. The van der Waals surface area contributed by atoms with Gasteiger partial charge < -0.3 is 0 Å². The zero-order chi connectivity index (χ0) is 7.72. The molecular formula is C5H6Cl2N3+. The van der Waals surface area contributed by atoms with Crippen molar-refractivity contribution in [3.05, 3.63) is 22.3 Å². The van der Waals surface area contributed by atoms with E-state index in [-0.39, 0.29) is 0 Å². The first-order valence-electron chi connectivity index (χ1n) is 2.52. The number of nitrogen functional groups attached to an aromatic ring is 2. The first-order valence-corrected chi connectivity index (χ1v) is 3.28. The molecule has 10 heavy (non-hydrogen) atoms. The topological polar surface area (TPSA) is 55.9 Å². The largest absolute Gasteiger partial charge is 0.314 e. The third kappa shape index (κ3) is 1.25. The second-order valence-electron chi connectivity index (χ2n) is 1.80. The van der Waals surface area contributed by atoms with Crippen molar-refractivity contribution in [3.8, 4) is 0 Å². The van der Waals surface area contributed by atoms with Crippen molar-refractivity contribution in [3.63, 3.8) is 0 Å². The second kappa shape index (κ2) is 2.52. The van der Waals surface area contributed by atoms with Gasteiger partial charge in [0.15, 0.2) is 0 Å². The average molecular weight is 179 g/mol. The van der Waals surface area contributed by atoms with E-state index in [9.17, 15) is 0 Å². The maximum atomic E-state index is 5.61. The van der Waals surface area contributed by atoms with Gasteiger partial charge in [-0.1, -0.05) is 23.2 Å². The molecular weight excluding hydrogens is 173 g/mol. The van der Waals surface area contributed by atoms with E-state index in [2.05, 4.69) is 0 Å². The number of nitrogens with two attached hydrogens (primary N) is 2. The van der Waals surface area contributed by atoms with Crippen LogP contribution in [0.5, 0.6) is 0 Å². The van der Waals surface area contributed by atoms with Gasteiger partial charge in [-0.2, -0.15) is 0 Å². The highest BCUT2D eigenvalue weighted by molar-refractivity contribution is 6.35. The molecule has 0 spiro atoms. The minimum Gasteiger partial charge on any atom is -0.284 e. The summed E-state index contributed by atoms with van der Waals surface area (Å²) in [6.07, 6.45) is 1.47. The Kier molecular flexibility index (Phi) is 1.87. The molecule has 0 amide bonds. The molecule has 0 saturated heterocycles. The van der Waals surface area contributed by atoms with Crippen LogP contribution in [-0.2, 0) is 0 Å². The van der Waals surface area contributed by atoms with E-state index >= 15 is 0 Å². The summed E-state index contributed by atoms with van der Waals surface area (Å²) in [5.41, 5.74) is 5.40. The summed E-state index contributed by atoms with van der Waals surface area (Å²) in [4.78, 5) is 0. The number of hydrogen-bond donors (Lipinski definition) is 2. The van der Waals surface area contributed by atoms with E-state index in [1.807, 2.05) is 0 Å². The third-order valence-corrected chi connectivity index (χ3v) is 1.56. The van der Waals surface area contributed by atoms with Gasteiger partial charge in [0.25, 0.3) is 0 Å². The molecule has 0 aliphatic rings. The zero-order valence-electron chi connectivity index (χ0n) is 5.01. The molecule has 1 aromatic heterocycles. The Labute approximate surface area is 68.1 Å². The lowest BCUT2D eigenvalue weighted by Crippen LogP contribution is -2.46. The maximum Gasteiger partial charge on any atom is 0.314 e. The van der Waals surface area contributed by atoms with Crippen LogP contribution in [0.25, 0.3) is 0 Å². The fourth-order valence-electron chi connectivity index (χ4n) is 0.558. The fraction of sp³-hybridized carbons (Fsp3) is 0. The van der Waals surface area contributed by atoms with Gasteiger partial charge in [0.2, 0.25) is 0 Å². The quantitative estimate of drug-likeness (QED) is 0.452. The maximum absolute atomic E-state index is 5.61. The minimum absolute atomic E-state index is 0.297. The van der Waals surface area contributed by atoms with E-state index < -0.39 is 0 Å². The van der Waals surface area contributed by atoms with Gasteiger partial charge in [0, 0.05) is 0 Å². The molecule has 0 unspecified atom stereocenters. The number of hydrogen-bond acceptors (Lipinski definition) is 2. The Morgan fingerprint density at radius 2 is 2.00 bits per heavy atom. The summed E-state index contributed by atoms with van der Waals surface area (Å²) >= 11 is 11.2. The Morgan fingerprint density at radius 1 is 1.40 bits per heavy atom. The van der Waals surface area contributed by atoms with E-state index in [1.165, 1.54) is 16.9 Å². The molecule has 0 aliphatic heterocycles. The van der Waals surface area contributed by atoms with Crippen LogP contribution in [0.15, 0.2) is 12.3 Å². The first-order chi connectivity index (χ1) is 4.61. The lowest BCUT2D eigenvalue weighted by Gasteiger charge is -1.96. The van der Waals surface area contributed by atoms with Gasteiger partial charge in [0.1, 0.15) is 11.2 Å². The monoisotopic (exact) mass is 178 g/mol. The molecule has 4 N–H and O–H groups in total. The van der Waals surface area contributed by atoms with Crippen LogP contribution in [-0.4, -0.2) is 0 Å². The van der Waals surface area contributed by atoms with Crippen molar-refractivity contribution in [1.82, 2.24) is 0 Å². The molecule has 0 fully saturated rings. The predicted molar refractivity (Wildman–Crippen MR) is 41.2 cm³/mol. The van der Waals surface area contributed by atoms with Crippen LogP contribution in [0.4, 0.5) is 5.82 Å². The highest BCUT2D eigenvalue weighted by atomic mass is 35.5. The standard InChI is InChI=1S/C5H5Cl2N3/c6-3-1-4(7)5(8)10(9)2-3/h1-2,8H,9H2/p+1. The smallest absolute Gasteiger partial charge is 0.284 e. The molecule has 1 heterocycles. The third-order valence-electron chi connectivity index (χ3n) is 1.05. The number of anilines is 1. The highest BCUT2D eigenvalue weighted by Crippen LogP contribution is 2.17. The first kappa shape index (κ1) is 7.44. The highest BCUT2D eigenvalue weighted by Gasteiger charge is 2.07. The predicted octanol–water partition coefficient (Wildman–Crippen LogP) is 0.577. The Balaban J connectivity index is 3.31. The van der Waals surface area contributed by atoms with Gasteiger partial charge in [0.05, 0.1) is 5.02 Å². The van der Waals surface area contributed by atoms with Crippen LogP contribution in [0.1, 0.15) is 0 Å². The van der Waals surface area contributed by atoms with Gasteiger partial charge >= 0.3 is 5.82 Å². The SMILES string of the molecule is Nc1c(Cl)cc(Cl)c[n+]1N. The number of nitrogens with zero attached hydrogens (tertiary/aromatic N) is 1. The Bertz CT molecular complexity index is 238. The number of pyridine rings is 1. The van der Waals surface area contributed by atoms with Gasteiger partial charge in [-0.15, -0.1) is 4.68 Å². The van der Waals surface area contributed by atoms with E-state index in [0.29, 0.717) is 15.9 Å². The van der Waals surface area contributed by atoms with Crippen LogP contribution in [0.2, 0.25) is 10.0 Å². The number of rotatable bonds is 0. The number of aromatic nitrogens is 1. The molecule has 0 radical (unpaired) electrons. The summed E-state index contributed by atoms with van der Waals surface area (Å²) in [7, 11) is 0. The van der Waals surface area contributed by atoms with E-state index in [1.54, 1.807) is 0 Å². The number of halogens is 2. The Hall–Kier alpha value is -0.670.